The first-order chi connectivity index (χ1) is 14.2. The number of aromatic nitrogens is 4. The molecule has 2 aromatic carbocycles. The second kappa shape index (κ2) is 8.26. The Morgan fingerprint density at radius 3 is 2.48 bits per heavy atom. The largest absolute Gasteiger partial charge is 0.352 e. The van der Waals surface area contributed by atoms with Crippen LogP contribution in [0.25, 0.3) is 5.70 Å². The van der Waals surface area contributed by atoms with E-state index in [-0.39, 0.29) is 24.5 Å². The van der Waals surface area contributed by atoms with Gasteiger partial charge in [0.2, 0.25) is 5.91 Å². The normalized spacial score (nSPS) is 16.7. The molecule has 1 amide bonds. The van der Waals surface area contributed by atoms with Crippen LogP contribution in [0.1, 0.15) is 37.4 Å². The summed E-state index contributed by atoms with van der Waals surface area (Å²) in [5, 5.41) is 15.4. The van der Waals surface area contributed by atoms with Gasteiger partial charge in [-0.3, -0.25) is 9.69 Å². The Labute approximate surface area is 170 Å². The van der Waals surface area contributed by atoms with Crippen molar-refractivity contribution in [1.29, 1.82) is 0 Å². The summed E-state index contributed by atoms with van der Waals surface area (Å²) in [4.78, 5) is 14.6. The Balaban J connectivity index is 1.76. The molecule has 1 aliphatic heterocycles. The number of hydrogen-bond donors (Lipinski definition) is 1. The molecule has 7 heteroatoms. The van der Waals surface area contributed by atoms with Gasteiger partial charge in [-0.05, 0) is 41.0 Å². The lowest BCUT2D eigenvalue weighted by molar-refractivity contribution is -0.120. The Hall–Kier alpha value is -3.48. The van der Waals surface area contributed by atoms with Gasteiger partial charge in [-0.15, -0.1) is 0 Å². The van der Waals surface area contributed by atoms with Crippen LogP contribution in [0.2, 0.25) is 0 Å². The number of carbonyl (C=O) groups is 1. The van der Waals surface area contributed by atoms with Crippen molar-refractivity contribution in [3.63, 3.8) is 0 Å². The zero-order valence-electron chi connectivity index (χ0n) is 16.6. The summed E-state index contributed by atoms with van der Waals surface area (Å²) in [6.07, 6.45) is 2.99. The molecule has 0 bridgehead atoms. The highest BCUT2D eigenvalue weighted by Crippen LogP contribution is 2.35. The first-order valence-electron chi connectivity index (χ1n) is 9.84. The van der Waals surface area contributed by atoms with E-state index >= 15 is 0 Å². The number of rotatable bonds is 6. The topological polar surface area (TPSA) is 75.9 Å². The third kappa shape index (κ3) is 3.89. The molecule has 1 aliphatic rings. The van der Waals surface area contributed by atoms with Crippen LogP contribution in [0.3, 0.4) is 0 Å². The number of amides is 1. The summed E-state index contributed by atoms with van der Waals surface area (Å²) in [5.74, 6) is 0.494. The molecule has 0 radical (unpaired) electrons. The lowest BCUT2D eigenvalue weighted by Crippen LogP contribution is -2.42. The Morgan fingerprint density at radius 2 is 1.79 bits per heavy atom. The molecule has 0 spiro atoms. The molecule has 1 N–H and O–H groups in total. The first kappa shape index (κ1) is 18.9. The number of anilines is 1. The minimum atomic E-state index is -0.148. The highest BCUT2D eigenvalue weighted by Gasteiger charge is 2.31. The molecule has 0 fully saturated rings. The quantitative estimate of drug-likeness (QED) is 0.702. The number of hydrogen-bond acceptors (Lipinski definition) is 5. The third-order valence-electron chi connectivity index (χ3n) is 5.12. The van der Waals surface area contributed by atoms with Crippen LogP contribution in [-0.4, -0.2) is 38.7 Å². The van der Waals surface area contributed by atoms with Crippen LogP contribution in [0.15, 0.2) is 66.7 Å². The van der Waals surface area contributed by atoms with Crippen LogP contribution in [0.5, 0.6) is 0 Å². The molecule has 2 heterocycles. The van der Waals surface area contributed by atoms with Gasteiger partial charge < -0.3 is 5.32 Å². The highest BCUT2D eigenvalue weighted by atomic mass is 16.2. The second-order valence-corrected chi connectivity index (χ2v) is 7.16. The SMILES string of the molecule is CC[C@@H](C)NC(=O)CN1C(c2ccccc2)=C[C@H](c2ccccc2)n2nnnc21. The van der Waals surface area contributed by atoms with Gasteiger partial charge in [0, 0.05) is 6.04 Å². The number of carbonyl (C=O) groups excluding carboxylic acids is 1. The van der Waals surface area contributed by atoms with Crippen LogP contribution < -0.4 is 10.2 Å². The van der Waals surface area contributed by atoms with Crippen molar-refractivity contribution >= 4 is 17.6 Å². The third-order valence-corrected chi connectivity index (χ3v) is 5.12. The molecule has 1 aromatic heterocycles. The standard InChI is InChI=1S/C22H24N6O/c1-3-16(2)23-21(29)15-27-19(17-10-6-4-7-11-17)14-20(18-12-8-5-9-13-18)28-22(27)24-25-26-28/h4-14,16,20H,3,15H2,1-2H3,(H,23,29)/t16-,20-/m1/s1. The predicted octanol–water partition coefficient (Wildman–Crippen LogP) is 3.04. The molecule has 4 rings (SSSR count). The number of tetrazole rings is 1. The zero-order chi connectivity index (χ0) is 20.2. The van der Waals surface area contributed by atoms with E-state index < -0.39 is 0 Å². The van der Waals surface area contributed by atoms with Crippen molar-refractivity contribution < 1.29 is 4.79 Å². The van der Waals surface area contributed by atoms with Gasteiger partial charge in [0.15, 0.2) is 0 Å². The van der Waals surface area contributed by atoms with Gasteiger partial charge in [0.1, 0.15) is 12.6 Å². The average molecular weight is 388 g/mol. The van der Waals surface area contributed by atoms with Crippen molar-refractivity contribution in [1.82, 2.24) is 25.5 Å². The summed E-state index contributed by atoms with van der Waals surface area (Å²) >= 11 is 0. The molecular weight excluding hydrogens is 364 g/mol. The summed E-state index contributed by atoms with van der Waals surface area (Å²) in [5.41, 5.74) is 3.01. The van der Waals surface area contributed by atoms with Gasteiger partial charge in [-0.25, -0.2) is 0 Å². The smallest absolute Gasteiger partial charge is 0.251 e. The monoisotopic (exact) mass is 388 g/mol. The van der Waals surface area contributed by atoms with Crippen molar-refractivity contribution in [3.8, 4) is 0 Å². The van der Waals surface area contributed by atoms with E-state index in [9.17, 15) is 4.79 Å². The van der Waals surface area contributed by atoms with Crippen LogP contribution in [-0.2, 0) is 4.79 Å². The number of benzene rings is 2. The number of allylic oxidation sites excluding steroid dienone is 1. The first-order valence-corrected chi connectivity index (χ1v) is 9.84. The van der Waals surface area contributed by atoms with E-state index in [0.717, 1.165) is 23.2 Å². The Bertz CT molecular complexity index is 998. The van der Waals surface area contributed by atoms with Gasteiger partial charge >= 0.3 is 0 Å². The van der Waals surface area contributed by atoms with Gasteiger partial charge in [0.05, 0.1) is 5.70 Å². The maximum absolute atomic E-state index is 12.7. The highest BCUT2D eigenvalue weighted by molar-refractivity contribution is 5.89. The minimum Gasteiger partial charge on any atom is -0.352 e. The van der Waals surface area contributed by atoms with E-state index in [2.05, 4.69) is 39.1 Å². The molecule has 148 valence electrons. The maximum Gasteiger partial charge on any atom is 0.251 e. The lowest BCUT2D eigenvalue weighted by Gasteiger charge is -2.32. The predicted molar refractivity (Wildman–Crippen MR) is 112 cm³/mol. The van der Waals surface area contributed by atoms with Crippen molar-refractivity contribution in [2.45, 2.75) is 32.4 Å². The Morgan fingerprint density at radius 1 is 1.10 bits per heavy atom. The molecule has 0 saturated carbocycles. The van der Waals surface area contributed by atoms with Crippen LogP contribution in [0.4, 0.5) is 5.95 Å². The molecule has 0 saturated heterocycles. The lowest BCUT2D eigenvalue weighted by atomic mass is 10.0. The molecular formula is C22H24N6O. The fraction of sp³-hybridized carbons (Fsp3) is 0.273. The number of fused-ring (bicyclic) bond motifs is 1. The summed E-state index contributed by atoms with van der Waals surface area (Å²) in [6.45, 7) is 4.19. The van der Waals surface area contributed by atoms with Crippen molar-refractivity contribution in [3.05, 3.63) is 77.9 Å². The van der Waals surface area contributed by atoms with Gasteiger partial charge in [-0.2, -0.15) is 4.68 Å². The molecule has 3 aromatic rings. The number of nitrogens with one attached hydrogen (secondary N) is 1. The second-order valence-electron chi connectivity index (χ2n) is 7.16. The molecule has 0 unspecified atom stereocenters. The van der Waals surface area contributed by atoms with E-state index in [1.165, 1.54) is 0 Å². The van der Waals surface area contributed by atoms with E-state index in [1.807, 2.05) is 67.3 Å². The summed E-state index contributed by atoms with van der Waals surface area (Å²) in [6, 6.07) is 20.1. The van der Waals surface area contributed by atoms with Crippen LogP contribution in [0, 0.1) is 0 Å². The number of nitrogens with zero attached hydrogens (tertiary/aromatic N) is 5. The molecule has 29 heavy (non-hydrogen) atoms. The molecule has 2 atom stereocenters. The summed E-state index contributed by atoms with van der Waals surface area (Å²) < 4.78 is 1.76. The fourth-order valence-electron chi connectivity index (χ4n) is 3.44. The zero-order valence-corrected chi connectivity index (χ0v) is 16.6. The van der Waals surface area contributed by atoms with E-state index in [1.54, 1.807) is 4.68 Å². The van der Waals surface area contributed by atoms with E-state index in [4.69, 9.17) is 0 Å². The maximum atomic E-state index is 12.7. The minimum absolute atomic E-state index is 0.0612. The fourth-order valence-corrected chi connectivity index (χ4v) is 3.44. The van der Waals surface area contributed by atoms with Gasteiger partial charge in [0.25, 0.3) is 5.95 Å². The average Bonchev–Trinajstić information content (AvgIpc) is 3.25. The van der Waals surface area contributed by atoms with E-state index in [0.29, 0.717) is 5.95 Å². The van der Waals surface area contributed by atoms with Crippen molar-refractivity contribution in [2.24, 2.45) is 0 Å². The van der Waals surface area contributed by atoms with Crippen molar-refractivity contribution in [2.75, 3.05) is 11.4 Å². The van der Waals surface area contributed by atoms with Crippen LogP contribution >= 0.6 is 0 Å². The molecule has 0 aliphatic carbocycles. The van der Waals surface area contributed by atoms with Gasteiger partial charge in [-0.1, -0.05) is 72.7 Å². The summed E-state index contributed by atoms with van der Waals surface area (Å²) in [7, 11) is 0. The Kier molecular flexibility index (Phi) is 5.37. The molecule has 7 nitrogen and oxygen atoms in total.